The summed E-state index contributed by atoms with van der Waals surface area (Å²) in [6.07, 6.45) is 2.61. The molecule has 3 nitrogen and oxygen atoms in total. The number of carbonyl (C=O) groups excluding carboxylic acids is 2. The summed E-state index contributed by atoms with van der Waals surface area (Å²) in [5.41, 5.74) is 0.567. The summed E-state index contributed by atoms with van der Waals surface area (Å²) in [5.74, 6) is 0.172. The van der Waals surface area contributed by atoms with Crippen molar-refractivity contribution in [3.63, 3.8) is 0 Å². The lowest BCUT2D eigenvalue weighted by Gasteiger charge is -2.22. The van der Waals surface area contributed by atoms with Crippen LogP contribution < -0.4 is 5.32 Å². The molecule has 5 heteroatoms. The van der Waals surface area contributed by atoms with Gasteiger partial charge in [-0.15, -0.1) is 0 Å². The standard InChI is InChI=1S/C13H13ClINO2/c14-11-7-8(1-6-12(11)15)13(18)16-9-2-4-10(17)5-3-9/h1,6-7,9H,2-5H2,(H,16,18). The summed E-state index contributed by atoms with van der Waals surface area (Å²) < 4.78 is 0.925. The number of ketones is 1. The molecule has 0 aliphatic heterocycles. The van der Waals surface area contributed by atoms with Gasteiger partial charge < -0.3 is 5.32 Å². The number of benzene rings is 1. The second kappa shape index (κ2) is 6.02. The molecule has 96 valence electrons. The van der Waals surface area contributed by atoms with Crippen LogP contribution in [-0.2, 0) is 4.79 Å². The maximum absolute atomic E-state index is 12.0. The summed E-state index contributed by atoms with van der Waals surface area (Å²) in [6.45, 7) is 0. The average Bonchev–Trinajstić information content (AvgIpc) is 2.35. The summed E-state index contributed by atoms with van der Waals surface area (Å²) in [7, 11) is 0. The molecule has 0 spiro atoms. The van der Waals surface area contributed by atoms with E-state index in [2.05, 4.69) is 27.9 Å². The minimum absolute atomic E-state index is 0.105. The van der Waals surface area contributed by atoms with Crippen molar-refractivity contribution in [3.8, 4) is 0 Å². The van der Waals surface area contributed by atoms with Crippen LogP contribution in [0.3, 0.4) is 0 Å². The monoisotopic (exact) mass is 377 g/mol. The second-order valence-electron chi connectivity index (χ2n) is 4.42. The molecular weight excluding hydrogens is 365 g/mol. The molecule has 1 N–H and O–H groups in total. The third-order valence-corrected chi connectivity index (χ3v) is 4.63. The predicted molar refractivity (Wildman–Crippen MR) is 78.9 cm³/mol. The molecule has 0 aromatic heterocycles. The number of nitrogens with one attached hydrogen (secondary N) is 1. The summed E-state index contributed by atoms with van der Waals surface area (Å²) in [6, 6.07) is 5.36. The van der Waals surface area contributed by atoms with Crippen LogP contribution in [0.2, 0.25) is 5.02 Å². The zero-order valence-corrected chi connectivity index (χ0v) is 12.6. The van der Waals surface area contributed by atoms with E-state index in [9.17, 15) is 9.59 Å². The quantitative estimate of drug-likeness (QED) is 0.805. The van der Waals surface area contributed by atoms with Gasteiger partial charge in [-0.05, 0) is 53.6 Å². The van der Waals surface area contributed by atoms with Crippen molar-refractivity contribution < 1.29 is 9.59 Å². The van der Waals surface area contributed by atoms with Crippen molar-refractivity contribution >= 4 is 45.9 Å². The molecule has 1 aliphatic rings. The maximum Gasteiger partial charge on any atom is 0.251 e. The van der Waals surface area contributed by atoms with Gasteiger partial charge in [-0.1, -0.05) is 11.6 Å². The van der Waals surface area contributed by atoms with Crippen LogP contribution in [0.1, 0.15) is 36.0 Å². The van der Waals surface area contributed by atoms with E-state index in [0.29, 0.717) is 23.4 Å². The molecule has 0 heterocycles. The van der Waals surface area contributed by atoms with E-state index in [1.165, 1.54) is 0 Å². The van der Waals surface area contributed by atoms with Gasteiger partial charge in [0, 0.05) is 28.0 Å². The van der Waals surface area contributed by atoms with Gasteiger partial charge in [0.1, 0.15) is 5.78 Å². The van der Waals surface area contributed by atoms with Crippen LogP contribution in [0.5, 0.6) is 0 Å². The molecule has 1 aromatic carbocycles. The van der Waals surface area contributed by atoms with Crippen LogP contribution in [0, 0.1) is 3.57 Å². The highest BCUT2D eigenvalue weighted by atomic mass is 127. The number of carbonyl (C=O) groups is 2. The predicted octanol–water partition coefficient (Wildman–Crippen LogP) is 3.19. The lowest BCUT2D eigenvalue weighted by Crippen LogP contribution is -2.37. The van der Waals surface area contributed by atoms with Crippen molar-refractivity contribution in [1.29, 1.82) is 0 Å². The Morgan fingerprint density at radius 3 is 2.61 bits per heavy atom. The van der Waals surface area contributed by atoms with E-state index in [1.54, 1.807) is 12.1 Å². The number of hydrogen-bond donors (Lipinski definition) is 1. The summed E-state index contributed by atoms with van der Waals surface area (Å²) in [5, 5.41) is 3.54. The molecule has 1 aliphatic carbocycles. The SMILES string of the molecule is O=C1CCC(NC(=O)c2ccc(I)c(Cl)c2)CC1. The molecule has 0 unspecified atom stereocenters. The minimum atomic E-state index is -0.118. The van der Waals surface area contributed by atoms with E-state index in [1.807, 2.05) is 6.07 Å². The molecule has 1 saturated carbocycles. The Hall–Kier alpha value is -0.620. The van der Waals surface area contributed by atoms with Gasteiger partial charge >= 0.3 is 0 Å². The van der Waals surface area contributed by atoms with E-state index in [-0.39, 0.29) is 17.7 Å². The van der Waals surface area contributed by atoms with E-state index in [0.717, 1.165) is 16.4 Å². The van der Waals surface area contributed by atoms with Crippen LogP contribution >= 0.6 is 34.2 Å². The van der Waals surface area contributed by atoms with Gasteiger partial charge in [0.25, 0.3) is 5.91 Å². The third-order valence-electron chi connectivity index (χ3n) is 3.06. The Labute approximate surface area is 124 Å². The Bertz CT molecular complexity index is 480. The van der Waals surface area contributed by atoms with E-state index >= 15 is 0 Å². The van der Waals surface area contributed by atoms with Crippen LogP contribution in [-0.4, -0.2) is 17.7 Å². The maximum atomic E-state index is 12.0. The third kappa shape index (κ3) is 3.45. The molecule has 1 aromatic rings. The molecule has 0 radical (unpaired) electrons. The molecule has 18 heavy (non-hydrogen) atoms. The minimum Gasteiger partial charge on any atom is -0.349 e. The Balaban J connectivity index is 1.99. The fraction of sp³-hybridized carbons (Fsp3) is 0.385. The lowest BCUT2D eigenvalue weighted by atomic mass is 9.94. The first-order chi connectivity index (χ1) is 8.56. The molecule has 1 amide bonds. The summed E-state index contributed by atoms with van der Waals surface area (Å²) >= 11 is 8.11. The Kier molecular flexibility index (Phi) is 4.61. The molecule has 1 fully saturated rings. The second-order valence-corrected chi connectivity index (χ2v) is 5.98. The fourth-order valence-corrected chi connectivity index (χ4v) is 2.51. The average molecular weight is 378 g/mol. The van der Waals surface area contributed by atoms with Crippen molar-refractivity contribution in [2.75, 3.05) is 0 Å². The first-order valence-electron chi connectivity index (χ1n) is 5.84. The highest BCUT2D eigenvalue weighted by Crippen LogP contribution is 2.20. The van der Waals surface area contributed by atoms with E-state index < -0.39 is 0 Å². The number of hydrogen-bond acceptors (Lipinski definition) is 2. The van der Waals surface area contributed by atoms with E-state index in [4.69, 9.17) is 11.6 Å². The zero-order chi connectivity index (χ0) is 13.1. The largest absolute Gasteiger partial charge is 0.349 e. The first kappa shape index (κ1) is 13.8. The van der Waals surface area contributed by atoms with Gasteiger partial charge in [0.15, 0.2) is 0 Å². The molecule has 0 bridgehead atoms. The van der Waals surface area contributed by atoms with Crippen LogP contribution in [0.4, 0.5) is 0 Å². The fourth-order valence-electron chi connectivity index (χ4n) is 1.99. The summed E-state index contributed by atoms with van der Waals surface area (Å²) in [4.78, 5) is 23.1. The van der Waals surface area contributed by atoms with Gasteiger partial charge in [-0.2, -0.15) is 0 Å². The molecular formula is C13H13ClINO2. The lowest BCUT2D eigenvalue weighted by molar-refractivity contribution is -0.120. The van der Waals surface area contributed by atoms with Gasteiger partial charge in [0.2, 0.25) is 0 Å². The van der Waals surface area contributed by atoms with Crippen molar-refractivity contribution in [3.05, 3.63) is 32.4 Å². The smallest absolute Gasteiger partial charge is 0.251 e. The topological polar surface area (TPSA) is 46.2 Å². The highest BCUT2D eigenvalue weighted by Gasteiger charge is 2.20. The first-order valence-corrected chi connectivity index (χ1v) is 7.29. The molecule has 2 rings (SSSR count). The van der Waals surface area contributed by atoms with Crippen LogP contribution in [0.15, 0.2) is 18.2 Å². The number of halogens is 2. The molecule has 0 atom stereocenters. The zero-order valence-electron chi connectivity index (χ0n) is 9.71. The van der Waals surface area contributed by atoms with Gasteiger partial charge in [-0.25, -0.2) is 0 Å². The number of amides is 1. The van der Waals surface area contributed by atoms with Gasteiger partial charge in [-0.3, -0.25) is 9.59 Å². The molecule has 0 saturated heterocycles. The van der Waals surface area contributed by atoms with Crippen molar-refractivity contribution in [2.24, 2.45) is 0 Å². The normalized spacial score (nSPS) is 16.7. The van der Waals surface area contributed by atoms with Crippen LogP contribution in [0.25, 0.3) is 0 Å². The number of Topliss-reactive ketones (excluding diaryl/α,β-unsaturated/α-hetero) is 1. The Morgan fingerprint density at radius 2 is 2.00 bits per heavy atom. The highest BCUT2D eigenvalue weighted by molar-refractivity contribution is 14.1. The Morgan fingerprint density at radius 1 is 1.33 bits per heavy atom. The van der Waals surface area contributed by atoms with Crippen molar-refractivity contribution in [2.45, 2.75) is 31.7 Å². The van der Waals surface area contributed by atoms with Crippen molar-refractivity contribution in [1.82, 2.24) is 5.32 Å². The number of rotatable bonds is 2. The van der Waals surface area contributed by atoms with Gasteiger partial charge in [0.05, 0.1) is 5.02 Å².